The molecule has 0 radical (unpaired) electrons. The molecule has 1 heterocycles. The van der Waals surface area contributed by atoms with E-state index in [4.69, 9.17) is 4.84 Å². The summed E-state index contributed by atoms with van der Waals surface area (Å²) in [6.45, 7) is 7.25. The third-order valence-corrected chi connectivity index (χ3v) is 1.49. The Morgan fingerprint density at radius 2 is 2.15 bits per heavy atom. The van der Waals surface area contributed by atoms with Gasteiger partial charge < -0.3 is 4.84 Å². The van der Waals surface area contributed by atoms with Crippen LogP contribution in [0.4, 0.5) is 0 Å². The van der Waals surface area contributed by atoms with Crippen molar-refractivity contribution in [3.63, 3.8) is 0 Å². The van der Waals surface area contributed by atoms with Gasteiger partial charge in [0.25, 0.3) is 0 Å². The molecular weight excluding hydrogens is 168 g/mol. The van der Waals surface area contributed by atoms with E-state index in [9.17, 15) is 4.79 Å². The molecule has 72 valence electrons. The van der Waals surface area contributed by atoms with Crippen LogP contribution in [-0.4, -0.2) is 15.7 Å². The lowest BCUT2D eigenvalue weighted by atomic mass is 9.98. The van der Waals surface area contributed by atoms with Gasteiger partial charge in [-0.25, -0.2) is 9.78 Å². The minimum absolute atomic E-state index is 0.273. The summed E-state index contributed by atoms with van der Waals surface area (Å²) in [4.78, 5) is 20.3. The molecule has 0 aliphatic carbocycles. The minimum atomic E-state index is -0.488. The summed E-state index contributed by atoms with van der Waals surface area (Å²) in [5.74, 6) is -0.273. The molecule has 0 amide bonds. The van der Waals surface area contributed by atoms with Gasteiger partial charge in [0.2, 0.25) is 0 Å². The highest BCUT2D eigenvalue weighted by atomic mass is 16.7. The van der Waals surface area contributed by atoms with E-state index in [2.05, 4.69) is 4.98 Å². The van der Waals surface area contributed by atoms with Crippen LogP contribution < -0.4 is 4.84 Å². The van der Waals surface area contributed by atoms with E-state index in [0.717, 1.165) is 5.69 Å². The lowest BCUT2D eigenvalue weighted by Crippen LogP contribution is -2.30. The third kappa shape index (κ3) is 2.57. The van der Waals surface area contributed by atoms with Crippen molar-refractivity contribution in [2.24, 2.45) is 5.41 Å². The van der Waals surface area contributed by atoms with Crippen molar-refractivity contribution >= 4 is 5.97 Å². The second-order valence-electron chi connectivity index (χ2n) is 4.00. The van der Waals surface area contributed by atoms with Gasteiger partial charge in [0, 0.05) is 0 Å². The maximum Gasteiger partial charge on any atom is 0.338 e. The van der Waals surface area contributed by atoms with Crippen LogP contribution in [0.25, 0.3) is 0 Å². The minimum Gasteiger partial charge on any atom is -0.335 e. The smallest absolute Gasteiger partial charge is 0.335 e. The molecule has 1 aromatic rings. The first-order chi connectivity index (χ1) is 5.89. The maximum atomic E-state index is 11.4. The second-order valence-corrected chi connectivity index (χ2v) is 4.00. The molecule has 0 bridgehead atoms. The Balaban J connectivity index is 2.65. The molecule has 0 aliphatic rings. The SMILES string of the molecule is Cc1cn(OC(=O)C(C)(C)C)cn1. The molecule has 1 rings (SSSR count). The maximum absolute atomic E-state index is 11.4. The molecular formula is C9H14N2O2. The number of hydrogen-bond donors (Lipinski definition) is 0. The van der Waals surface area contributed by atoms with E-state index < -0.39 is 5.41 Å². The summed E-state index contributed by atoms with van der Waals surface area (Å²) < 4.78 is 1.32. The van der Waals surface area contributed by atoms with Gasteiger partial charge in [-0.2, -0.15) is 4.73 Å². The Kier molecular flexibility index (Phi) is 2.40. The predicted molar refractivity (Wildman–Crippen MR) is 48.0 cm³/mol. The first-order valence-corrected chi connectivity index (χ1v) is 4.13. The highest BCUT2D eigenvalue weighted by Crippen LogP contribution is 2.13. The van der Waals surface area contributed by atoms with Gasteiger partial charge in [-0.15, -0.1) is 0 Å². The molecule has 1 aromatic heterocycles. The normalized spacial score (nSPS) is 11.4. The number of imidazole rings is 1. The first-order valence-electron chi connectivity index (χ1n) is 4.13. The van der Waals surface area contributed by atoms with Crippen molar-refractivity contribution in [2.45, 2.75) is 27.7 Å². The van der Waals surface area contributed by atoms with Crippen molar-refractivity contribution in [1.82, 2.24) is 9.71 Å². The number of hydrogen-bond acceptors (Lipinski definition) is 3. The zero-order chi connectivity index (χ0) is 10.1. The lowest BCUT2D eigenvalue weighted by molar-refractivity contribution is -0.153. The number of carbonyl (C=O) groups is 1. The van der Waals surface area contributed by atoms with Gasteiger partial charge in [0.15, 0.2) is 0 Å². The number of aromatic nitrogens is 2. The second kappa shape index (κ2) is 3.20. The van der Waals surface area contributed by atoms with Crippen molar-refractivity contribution < 1.29 is 9.63 Å². The van der Waals surface area contributed by atoms with E-state index in [-0.39, 0.29) is 5.97 Å². The van der Waals surface area contributed by atoms with Gasteiger partial charge in [-0.1, -0.05) is 0 Å². The van der Waals surface area contributed by atoms with Gasteiger partial charge in [0.1, 0.15) is 6.33 Å². The van der Waals surface area contributed by atoms with Gasteiger partial charge in [-0.05, 0) is 27.7 Å². The van der Waals surface area contributed by atoms with E-state index in [1.54, 1.807) is 27.0 Å². The Morgan fingerprint density at radius 1 is 1.54 bits per heavy atom. The van der Waals surface area contributed by atoms with Crippen molar-refractivity contribution in [1.29, 1.82) is 0 Å². The molecule has 0 N–H and O–H groups in total. The van der Waals surface area contributed by atoms with Crippen LogP contribution in [-0.2, 0) is 4.79 Å². The Bertz CT molecular complexity index is 310. The first kappa shape index (κ1) is 9.77. The molecule has 0 saturated carbocycles. The van der Waals surface area contributed by atoms with Crippen molar-refractivity contribution in [3.05, 3.63) is 18.2 Å². The van der Waals surface area contributed by atoms with Crippen LogP contribution in [0, 0.1) is 12.3 Å². The average molecular weight is 182 g/mol. The van der Waals surface area contributed by atoms with E-state index in [1.165, 1.54) is 11.1 Å². The summed E-state index contributed by atoms with van der Waals surface area (Å²) >= 11 is 0. The topological polar surface area (TPSA) is 44.1 Å². The summed E-state index contributed by atoms with van der Waals surface area (Å²) in [6.07, 6.45) is 3.13. The monoisotopic (exact) mass is 182 g/mol. The molecule has 0 fully saturated rings. The summed E-state index contributed by atoms with van der Waals surface area (Å²) in [7, 11) is 0. The molecule has 0 aliphatic heterocycles. The Hall–Kier alpha value is -1.32. The highest BCUT2D eigenvalue weighted by Gasteiger charge is 2.24. The van der Waals surface area contributed by atoms with Crippen LogP contribution in [0.1, 0.15) is 26.5 Å². The quantitative estimate of drug-likeness (QED) is 0.655. The van der Waals surface area contributed by atoms with Gasteiger partial charge >= 0.3 is 5.97 Å². The molecule has 0 saturated heterocycles. The van der Waals surface area contributed by atoms with Crippen LogP contribution >= 0.6 is 0 Å². The number of nitrogens with zero attached hydrogens (tertiary/aromatic N) is 2. The van der Waals surface area contributed by atoms with E-state index >= 15 is 0 Å². The Labute approximate surface area is 77.5 Å². The average Bonchev–Trinajstić information content (AvgIpc) is 2.33. The van der Waals surface area contributed by atoms with Gasteiger partial charge in [-0.3, -0.25) is 0 Å². The van der Waals surface area contributed by atoms with E-state index in [1.807, 2.05) is 6.92 Å². The predicted octanol–water partition coefficient (Wildman–Crippen LogP) is 1.19. The molecule has 0 unspecified atom stereocenters. The fourth-order valence-electron chi connectivity index (χ4n) is 0.681. The molecule has 4 heteroatoms. The summed E-state index contributed by atoms with van der Waals surface area (Å²) in [5, 5.41) is 0. The lowest BCUT2D eigenvalue weighted by Gasteiger charge is -2.15. The number of aryl methyl sites for hydroxylation is 1. The summed E-state index contributed by atoms with van der Waals surface area (Å²) in [5.41, 5.74) is 0.333. The highest BCUT2D eigenvalue weighted by molar-refractivity contribution is 5.75. The summed E-state index contributed by atoms with van der Waals surface area (Å²) in [6, 6.07) is 0. The Morgan fingerprint density at radius 3 is 2.54 bits per heavy atom. The number of carbonyl (C=O) groups excluding carboxylic acids is 1. The largest absolute Gasteiger partial charge is 0.338 e. The molecule has 4 nitrogen and oxygen atoms in total. The van der Waals surface area contributed by atoms with Crippen LogP contribution in [0.5, 0.6) is 0 Å². The molecule has 0 spiro atoms. The molecule has 0 atom stereocenters. The van der Waals surface area contributed by atoms with Crippen molar-refractivity contribution in [2.75, 3.05) is 0 Å². The van der Waals surface area contributed by atoms with E-state index in [0.29, 0.717) is 0 Å². The fourth-order valence-corrected chi connectivity index (χ4v) is 0.681. The number of rotatable bonds is 1. The van der Waals surface area contributed by atoms with Crippen LogP contribution in [0.2, 0.25) is 0 Å². The van der Waals surface area contributed by atoms with Gasteiger partial charge in [0.05, 0.1) is 17.3 Å². The zero-order valence-electron chi connectivity index (χ0n) is 8.37. The fraction of sp³-hybridized carbons (Fsp3) is 0.556. The zero-order valence-corrected chi connectivity index (χ0v) is 8.37. The third-order valence-electron chi connectivity index (χ3n) is 1.49. The molecule has 13 heavy (non-hydrogen) atoms. The van der Waals surface area contributed by atoms with Crippen LogP contribution in [0.15, 0.2) is 12.5 Å². The standard InChI is InChI=1S/C9H14N2O2/c1-7-5-11(6-10-7)13-8(12)9(2,3)4/h5-6H,1-4H3. The molecule has 0 aromatic carbocycles. The van der Waals surface area contributed by atoms with Crippen molar-refractivity contribution in [3.8, 4) is 0 Å². The van der Waals surface area contributed by atoms with Crippen LogP contribution in [0.3, 0.4) is 0 Å².